The Morgan fingerprint density at radius 3 is 1.83 bits per heavy atom. The normalized spacial score (nSPS) is 17.6. The van der Waals surface area contributed by atoms with Crippen LogP contribution in [0.1, 0.15) is 77.9 Å². The topological polar surface area (TPSA) is 120 Å². The van der Waals surface area contributed by atoms with Gasteiger partial charge in [-0.25, -0.2) is 5.48 Å². The van der Waals surface area contributed by atoms with Crippen LogP contribution < -0.4 is 10.8 Å². The van der Waals surface area contributed by atoms with Crippen LogP contribution in [0.4, 0.5) is 0 Å². The third-order valence-electron chi connectivity index (χ3n) is 8.50. The first-order valence-corrected chi connectivity index (χ1v) is 16.6. The number of hydrogen-bond donors (Lipinski definition) is 4. The Bertz CT molecular complexity index is 1510. The Labute approximate surface area is 282 Å². The number of unbranched alkanes of at least 4 members (excludes halogenated alkanes) is 1. The summed E-state index contributed by atoms with van der Waals surface area (Å²) in [5.74, 6) is -0.536. The summed E-state index contributed by atoms with van der Waals surface area (Å²) in [5.41, 5.74) is 7.83. The Hall–Kier alpha value is -4.38. The highest BCUT2D eigenvalue weighted by Crippen LogP contribution is 2.38. The molecule has 0 radical (unpaired) electrons. The van der Waals surface area contributed by atoms with Crippen molar-refractivity contribution in [3.8, 4) is 0 Å². The Kier molecular flexibility index (Phi) is 13.3. The summed E-state index contributed by atoms with van der Waals surface area (Å²) in [6.07, 6.45) is 1.39. The van der Waals surface area contributed by atoms with Gasteiger partial charge in [0.1, 0.15) is 0 Å². The second-order valence-electron chi connectivity index (χ2n) is 12.3. The molecule has 3 unspecified atom stereocenters. The molecule has 252 valence electrons. The zero-order chi connectivity index (χ0) is 33.6. The van der Waals surface area contributed by atoms with E-state index in [2.05, 4.69) is 58.7 Å². The number of aliphatic hydroxyl groups is 1. The van der Waals surface area contributed by atoms with Crippen LogP contribution >= 0.6 is 0 Å². The van der Waals surface area contributed by atoms with Crippen molar-refractivity contribution in [1.29, 1.82) is 0 Å². The van der Waals surface area contributed by atoms with E-state index < -0.39 is 12.2 Å². The van der Waals surface area contributed by atoms with Gasteiger partial charge in [-0.2, -0.15) is 0 Å². The molecule has 4 aromatic rings. The van der Waals surface area contributed by atoms with Crippen LogP contribution in [-0.2, 0) is 45.3 Å². The molecule has 48 heavy (non-hydrogen) atoms. The zero-order valence-corrected chi connectivity index (χ0v) is 27.2. The van der Waals surface area contributed by atoms with Crippen molar-refractivity contribution in [1.82, 2.24) is 15.7 Å². The predicted molar refractivity (Wildman–Crippen MR) is 182 cm³/mol. The van der Waals surface area contributed by atoms with Gasteiger partial charge in [0, 0.05) is 51.0 Å². The van der Waals surface area contributed by atoms with Crippen LogP contribution in [0.5, 0.6) is 0 Å². The molecule has 4 aromatic carbocycles. The molecule has 1 aliphatic heterocycles. The highest BCUT2D eigenvalue weighted by Gasteiger charge is 2.33. The quantitative estimate of drug-likeness (QED) is 0.0656. The maximum Gasteiger partial charge on any atom is 0.243 e. The summed E-state index contributed by atoms with van der Waals surface area (Å²) in [7, 11) is 0. The van der Waals surface area contributed by atoms with Gasteiger partial charge >= 0.3 is 0 Å². The predicted octanol–water partition coefficient (Wildman–Crippen LogP) is 6.11. The SMILES string of the molecule is O=C(CCCCC(=O)NCc1ccc(C2OC(CN(Cc3ccccc3)Cc3ccccc3)CC(c3ccc(CO)cc3)O2)cc1)NO. The summed E-state index contributed by atoms with van der Waals surface area (Å²) in [6, 6.07) is 36.8. The fourth-order valence-corrected chi connectivity index (χ4v) is 5.90. The van der Waals surface area contributed by atoms with E-state index >= 15 is 0 Å². The van der Waals surface area contributed by atoms with Crippen molar-refractivity contribution in [3.05, 3.63) is 143 Å². The molecule has 2 amide bonds. The summed E-state index contributed by atoms with van der Waals surface area (Å²) in [5, 5.41) is 21.1. The first-order valence-electron chi connectivity index (χ1n) is 16.6. The molecule has 4 N–H and O–H groups in total. The van der Waals surface area contributed by atoms with Crippen LogP contribution in [0.2, 0.25) is 0 Å². The third-order valence-corrected chi connectivity index (χ3v) is 8.50. The molecule has 1 fully saturated rings. The molecule has 0 spiro atoms. The van der Waals surface area contributed by atoms with Crippen LogP contribution in [0.3, 0.4) is 0 Å². The molecule has 0 aromatic heterocycles. The number of hydroxylamine groups is 1. The van der Waals surface area contributed by atoms with Gasteiger partial charge in [-0.15, -0.1) is 0 Å². The minimum absolute atomic E-state index is 0.00967. The number of carbonyl (C=O) groups excluding carboxylic acids is 2. The maximum atomic E-state index is 12.3. The average molecular weight is 652 g/mol. The number of ether oxygens (including phenoxy) is 2. The molecule has 9 nitrogen and oxygen atoms in total. The van der Waals surface area contributed by atoms with Crippen molar-refractivity contribution in [3.63, 3.8) is 0 Å². The molecule has 9 heteroatoms. The first kappa shape index (κ1) is 34.9. The number of carbonyl (C=O) groups is 2. The monoisotopic (exact) mass is 651 g/mol. The van der Waals surface area contributed by atoms with Gasteiger partial charge < -0.3 is 19.9 Å². The molecule has 3 atom stereocenters. The van der Waals surface area contributed by atoms with E-state index in [0.29, 0.717) is 38.8 Å². The lowest BCUT2D eigenvalue weighted by Crippen LogP contribution is -2.39. The standard InChI is InChI=1S/C39H45N3O6/c43-28-32-17-19-33(20-18-32)36-23-35(27-42(25-30-9-3-1-4-10-30)26-31-11-5-2-6-12-31)47-39(48-36)34-21-15-29(16-22-34)24-40-37(44)13-7-8-14-38(45)41-46/h1-6,9-12,15-22,35-36,39,43,46H,7-8,13-14,23-28H2,(H,40,44)(H,41,45). The van der Waals surface area contributed by atoms with E-state index in [1.54, 1.807) is 5.48 Å². The van der Waals surface area contributed by atoms with Gasteiger partial charge in [-0.1, -0.05) is 109 Å². The molecule has 0 aliphatic carbocycles. The lowest BCUT2D eigenvalue weighted by Gasteiger charge is -2.38. The van der Waals surface area contributed by atoms with Crippen molar-refractivity contribution in [2.24, 2.45) is 0 Å². The van der Waals surface area contributed by atoms with Gasteiger partial charge in [-0.3, -0.25) is 19.7 Å². The van der Waals surface area contributed by atoms with Crippen molar-refractivity contribution in [2.75, 3.05) is 6.54 Å². The average Bonchev–Trinajstić information content (AvgIpc) is 3.13. The second kappa shape index (κ2) is 18.2. The minimum Gasteiger partial charge on any atom is -0.392 e. The number of rotatable bonds is 16. The van der Waals surface area contributed by atoms with Crippen molar-refractivity contribution < 1.29 is 29.4 Å². The summed E-state index contributed by atoms with van der Waals surface area (Å²) in [6.45, 7) is 2.66. The van der Waals surface area contributed by atoms with E-state index in [0.717, 1.165) is 35.3 Å². The fourth-order valence-electron chi connectivity index (χ4n) is 5.90. The highest BCUT2D eigenvalue weighted by atomic mass is 16.7. The first-order chi connectivity index (χ1) is 23.5. The minimum atomic E-state index is -0.582. The van der Waals surface area contributed by atoms with Crippen LogP contribution in [0.15, 0.2) is 109 Å². The molecular weight excluding hydrogens is 606 g/mol. The largest absolute Gasteiger partial charge is 0.392 e. The molecular formula is C39H45N3O6. The van der Waals surface area contributed by atoms with Crippen LogP contribution in [-0.4, -0.2) is 39.7 Å². The highest BCUT2D eigenvalue weighted by molar-refractivity contribution is 5.76. The lowest BCUT2D eigenvalue weighted by molar-refractivity contribution is -0.253. The maximum absolute atomic E-state index is 12.3. The Morgan fingerprint density at radius 2 is 1.25 bits per heavy atom. The van der Waals surface area contributed by atoms with E-state index in [4.69, 9.17) is 14.7 Å². The number of benzene rings is 4. The van der Waals surface area contributed by atoms with E-state index in [1.165, 1.54) is 11.1 Å². The summed E-state index contributed by atoms with van der Waals surface area (Å²) in [4.78, 5) is 25.9. The van der Waals surface area contributed by atoms with E-state index in [9.17, 15) is 14.7 Å². The molecule has 5 rings (SSSR count). The summed E-state index contributed by atoms with van der Waals surface area (Å²) < 4.78 is 13.3. The number of amides is 2. The second-order valence-corrected chi connectivity index (χ2v) is 12.3. The van der Waals surface area contributed by atoms with Crippen LogP contribution in [0.25, 0.3) is 0 Å². The zero-order valence-electron chi connectivity index (χ0n) is 27.2. The third kappa shape index (κ3) is 10.8. The lowest BCUT2D eigenvalue weighted by atomic mass is 9.99. The molecule has 0 bridgehead atoms. The molecule has 0 saturated carbocycles. The number of nitrogens with one attached hydrogen (secondary N) is 2. The van der Waals surface area contributed by atoms with Crippen molar-refractivity contribution >= 4 is 11.8 Å². The van der Waals surface area contributed by atoms with Gasteiger partial charge in [0.25, 0.3) is 0 Å². The number of hydrogen-bond acceptors (Lipinski definition) is 7. The van der Waals surface area contributed by atoms with E-state index in [-0.39, 0.29) is 31.1 Å². The smallest absolute Gasteiger partial charge is 0.243 e. The van der Waals surface area contributed by atoms with Crippen molar-refractivity contribution in [2.45, 2.75) is 76.8 Å². The Balaban J connectivity index is 1.27. The van der Waals surface area contributed by atoms with Crippen LogP contribution in [0, 0.1) is 0 Å². The fraction of sp³-hybridized carbons (Fsp3) is 0.333. The molecule has 1 aliphatic rings. The molecule has 1 heterocycles. The van der Waals surface area contributed by atoms with Gasteiger partial charge in [0.05, 0.1) is 18.8 Å². The van der Waals surface area contributed by atoms with Gasteiger partial charge in [-0.05, 0) is 40.7 Å². The van der Waals surface area contributed by atoms with Gasteiger partial charge in [0.15, 0.2) is 6.29 Å². The summed E-state index contributed by atoms with van der Waals surface area (Å²) >= 11 is 0. The van der Waals surface area contributed by atoms with E-state index in [1.807, 2.05) is 60.7 Å². The Morgan fingerprint density at radius 1 is 0.688 bits per heavy atom. The number of aliphatic hydroxyl groups excluding tert-OH is 1. The number of nitrogens with zero attached hydrogens (tertiary/aromatic N) is 1. The molecule has 1 saturated heterocycles. The van der Waals surface area contributed by atoms with Gasteiger partial charge in [0.2, 0.25) is 11.8 Å².